The zero-order chi connectivity index (χ0) is 14.7. The monoisotopic (exact) mass is 289 g/mol. The van der Waals surface area contributed by atoms with Gasteiger partial charge in [0.2, 0.25) is 5.91 Å². The summed E-state index contributed by atoms with van der Waals surface area (Å²) in [7, 11) is 1.31. The fourth-order valence-corrected chi connectivity index (χ4v) is 1.82. The van der Waals surface area contributed by atoms with Crippen LogP contribution in [0.5, 0.6) is 0 Å². The number of nitrogens with one attached hydrogen (secondary N) is 1. The lowest BCUT2D eigenvalue weighted by Crippen LogP contribution is -2.41. The van der Waals surface area contributed by atoms with Crippen molar-refractivity contribution in [1.29, 1.82) is 0 Å². The van der Waals surface area contributed by atoms with E-state index in [1.54, 1.807) is 23.9 Å². The van der Waals surface area contributed by atoms with Gasteiger partial charge in [-0.3, -0.25) is 4.79 Å². The van der Waals surface area contributed by atoms with Crippen LogP contribution >= 0.6 is 11.8 Å². The number of methoxy groups -OCH3 is 1. The van der Waals surface area contributed by atoms with Crippen molar-refractivity contribution in [3.63, 3.8) is 0 Å². The average molecular weight is 289 g/mol. The van der Waals surface area contributed by atoms with Crippen LogP contribution in [-0.2, 0) is 14.3 Å². The quantitative estimate of drug-likeness (QED) is 0.489. The summed E-state index contributed by atoms with van der Waals surface area (Å²) >= 11 is 1.61. The van der Waals surface area contributed by atoms with Gasteiger partial charge in [0, 0.05) is 13.0 Å². The van der Waals surface area contributed by atoms with Crippen molar-refractivity contribution in [2.75, 3.05) is 25.7 Å². The molecule has 5 nitrogen and oxygen atoms in total. The molecular formula is C13H23NO4S. The third-order valence-electron chi connectivity index (χ3n) is 2.49. The highest BCUT2D eigenvalue weighted by Crippen LogP contribution is 2.03. The van der Waals surface area contributed by atoms with Crippen molar-refractivity contribution in [2.24, 2.45) is 5.92 Å². The predicted octanol–water partition coefficient (Wildman–Crippen LogP) is 0.972. The Labute approximate surface area is 118 Å². The minimum Gasteiger partial charge on any atom is -0.467 e. The summed E-state index contributed by atoms with van der Waals surface area (Å²) in [4.78, 5) is 23.2. The topological polar surface area (TPSA) is 75.6 Å². The summed E-state index contributed by atoms with van der Waals surface area (Å²) in [5, 5.41) is 11.5. The molecule has 0 aromatic carbocycles. The highest BCUT2D eigenvalue weighted by molar-refractivity contribution is 7.98. The lowest BCUT2D eigenvalue weighted by molar-refractivity contribution is -0.145. The molecule has 0 saturated carbocycles. The van der Waals surface area contributed by atoms with E-state index in [1.807, 2.05) is 13.2 Å². The van der Waals surface area contributed by atoms with E-state index in [0.717, 1.165) is 5.75 Å². The number of hydrogen-bond donors (Lipinski definition) is 2. The number of thioether (sulfide) groups is 1. The van der Waals surface area contributed by atoms with E-state index in [2.05, 4.69) is 10.1 Å². The van der Waals surface area contributed by atoms with E-state index in [0.29, 0.717) is 6.42 Å². The van der Waals surface area contributed by atoms with Crippen LogP contribution < -0.4 is 5.32 Å². The largest absolute Gasteiger partial charge is 0.467 e. The molecule has 1 amide bonds. The lowest BCUT2D eigenvalue weighted by Gasteiger charge is -2.15. The molecule has 19 heavy (non-hydrogen) atoms. The molecule has 0 aliphatic rings. The molecule has 2 atom stereocenters. The number of carbonyl (C=O) groups is 2. The highest BCUT2D eigenvalue weighted by atomic mass is 32.2. The van der Waals surface area contributed by atoms with Gasteiger partial charge >= 0.3 is 5.97 Å². The van der Waals surface area contributed by atoms with Crippen LogP contribution in [0.3, 0.4) is 0 Å². The fraction of sp³-hybridized carbons (Fsp3) is 0.692. The molecule has 0 spiro atoms. The highest BCUT2D eigenvalue weighted by Gasteiger charge is 2.20. The van der Waals surface area contributed by atoms with E-state index in [9.17, 15) is 9.59 Å². The van der Waals surface area contributed by atoms with Gasteiger partial charge in [0.15, 0.2) is 0 Å². The van der Waals surface area contributed by atoms with Gasteiger partial charge in [-0.25, -0.2) is 4.79 Å². The number of ether oxygens (including phenoxy) is 1. The number of aliphatic hydroxyl groups is 1. The summed E-state index contributed by atoms with van der Waals surface area (Å²) in [5.41, 5.74) is 0. The number of amides is 1. The molecule has 0 bridgehead atoms. The van der Waals surface area contributed by atoms with Crippen LogP contribution in [0.2, 0.25) is 0 Å². The molecule has 0 rings (SSSR count). The van der Waals surface area contributed by atoms with E-state index in [1.165, 1.54) is 7.11 Å². The second-order valence-electron chi connectivity index (χ2n) is 4.22. The van der Waals surface area contributed by atoms with Crippen molar-refractivity contribution in [2.45, 2.75) is 25.8 Å². The number of rotatable bonds is 9. The Morgan fingerprint density at radius 2 is 2.16 bits per heavy atom. The summed E-state index contributed by atoms with van der Waals surface area (Å²) in [6, 6.07) is -0.589. The molecular weight excluding hydrogens is 266 g/mol. The minimum absolute atomic E-state index is 0.0284. The third kappa shape index (κ3) is 8.67. The first-order valence-corrected chi connectivity index (χ1v) is 7.58. The summed E-state index contributed by atoms with van der Waals surface area (Å²) in [6.45, 7) is 1.90. The zero-order valence-corrected chi connectivity index (χ0v) is 12.5. The first kappa shape index (κ1) is 18.0. The molecule has 0 aromatic heterocycles. The Morgan fingerprint density at radius 3 is 2.68 bits per heavy atom. The number of hydrogen-bond acceptors (Lipinski definition) is 5. The van der Waals surface area contributed by atoms with Gasteiger partial charge in [0.1, 0.15) is 6.04 Å². The first-order chi connectivity index (χ1) is 9.04. The molecule has 2 N–H and O–H groups in total. The molecule has 0 heterocycles. The van der Waals surface area contributed by atoms with Crippen LogP contribution in [0.15, 0.2) is 12.2 Å². The average Bonchev–Trinajstić information content (AvgIpc) is 2.42. The van der Waals surface area contributed by atoms with E-state index in [-0.39, 0.29) is 24.9 Å². The van der Waals surface area contributed by atoms with Crippen LogP contribution in [0.1, 0.15) is 19.8 Å². The van der Waals surface area contributed by atoms with Crippen LogP contribution in [0.4, 0.5) is 0 Å². The number of carbonyl (C=O) groups excluding carboxylic acids is 2. The molecule has 110 valence electrons. The van der Waals surface area contributed by atoms with Crippen LogP contribution in [0, 0.1) is 5.92 Å². The Hall–Kier alpha value is -1.01. The van der Waals surface area contributed by atoms with Gasteiger partial charge in [-0.1, -0.05) is 19.1 Å². The van der Waals surface area contributed by atoms with Gasteiger partial charge < -0.3 is 15.2 Å². The van der Waals surface area contributed by atoms with Crippen molar-refractivity contribution in [3.8, 4) is 0 Å². The van der Waals surface area contributed by atoms with Crippen LogP contribution in [0.25, 0.3) is 0 Å². The summed E-state index contributed by atoms with van der Waals surface area (Å²) in [5.74, 6) is 0.158. The van der Waals surface area contributed by atoms with Gasteiger partial charge in [0.25, 0.3) is 0 Å². The third-order valence-corrected chi connectivity index (χ3v) is 3.13. The SMILES string of the molecule is COC(=O)[C@H](CCSC)NC(=O)C/C=C\[C@@H](C)CO. The molecule has 0 unspecified atom stereocenters. The molecule has 6 heteroatoms. The van der Waals surface area contributed by atoms with E-state index >= 15 is 0 Å². The second-order valence-corrected chi connectivity index (χ2v) is 5.20. The smallest absolute Gasteiger partial charge is 0.328 e. The van der Waals surface area contributed by atoms with Crippen molar-refractivity contribution in [1.82, 2.24) is 5.32 Å². The van der Waals surface area contributed by atoms with Gasteiger partial charge in [-0.15, -0.1) is 0 Å². The minimum atomic E-state index is -0.589. The Bertz CT molecular complexity index is 307. The molecule has 0 aliphatic carbocycles. The number of esters is 1. The molecule has 0 radical (unpaired) electrons. The second kappa shape index (κ2) is 10.9. The zero-order valence-electron chi connectivity index (χ0n) is 11.7. The van der Waals surface area contributed by atoms with Gasteiger partial charge in [0.05, 0.1) is 7.11 Å². The summed E-state index contributed by atoms with van der Waals surface area (Å²) in [6.07, 6.45) is 6.15. The Kier molecular flexibility index (Phi) is 10.3. The predicted molar refractivity (Wildman–Crippen MR) is 77.0 cm³/mol. The molecule has 0 saturated heterocycles. The van der Waals surface area contributed by atoms with Gasteiger partial charge in [-0.2, -0.15) is 11.8 Å². The van der Waals surface area contributed by atoms with E-state index in [4.69, 9.17) is 5.11 Å². The maximum atomic E-state index is 11.7. The molecule has 0 aliphatic heterocycles. The van der Waals surface area contributed by atoms with E-state index < -0.39 is 12.0 Å². The lowest BCUT2D eigenvalue weighted by atomic mass is 10.1. The Balaban J connectivity index is 4.22. The molecule has 0 fully saturated rings. The molecule has 0 aromatic rings. The van der Waals surface area contributed by atoms with Crippen LogP contribution in [-0.4, -0.2) is 48.8 Å². The maximum absolute atomic E-state index is 11.7. The van der Waals surface area contributed by atoms with Crippen molar-refractivity contribution < 1.29 is 19.4 Å². The normalized spacial score (nSPS) is 14.1. The van der Waals surface area contributed by atoms with Crippen molar-refractivity contribution >= 4 is 23.6 Å². The Morgan fingerprint density at radius 1 is 1.47 bits per heavy atom. The fourth-order valence-electron chi connectivity index (χ4n) is 1.35. The van der Waals surface area contributed by atoms with Crippen molar-refractivity contribution in [3.05, 3.63) is 12.2 Å². The number of aliphatic hydroxyl groups excluding tert-OH is 1. The maximum Gasteiger partial charge on any atom is 0.328 e. The standard InChI is InChI=1S/C13H23NO4S/c1-10(9-15)5-4-6-12(16)14-11(7-8-19-3)13(17)18-2/h4-5,10-11,15H,6-9H2,1-3H3,(H,14,16)/b5-4-/t10-,11+/m1/s1. The van der Waals surface area contributed by atoms with Gasteiger partial charge in [-0.05, 0) is 24.3 Å². The first-order valence-electron chi connectivity index (χ1n) is 6.18. The summed E-state index contributed by atoms with van der Waals surface area (Å²) < 4.78 is 4.66.